The first-order chi connectivity index (χ1) is 17.1. The summed E-state index contributed by atoms with van der Waals surface area (Å²) in [5, 5.41) is 10.1. The molecule has 36 heavy (non-hydrogen) atoms. The maximum atomic E-state index is 13.0. The highest BCUT2D eigenvalue weighted by Gasteiger charge is 2.18. The Labute approximate surface area is 214 Å². The van der Waals surface area contributed by atoms with Crippen molar-refractivity contribution in [3.05, 3.63) is 89.3 Å². The van der Waals surface area contributed by atoms with Crippen LogP contribution < -0.4 is 10.6 Å². The monoisotopic (exact) mass is 503 g/mol. The van der Waals surface area contributed by atoms with Gasteiger partial charge in [-0.05, 0) is 69.7 Å². The van der Waals surface area contributed by atoms with Crippen LogP contribution in [0.3, 0.4) is 0 Å². The van der Waals surface area contributed by atoms with Gasteiger partial charge in [0, 0.05) is 29.2 Å². The summed E-state index contributed by atoms with van der Waals surface area (Å²) in [5.41, 5.74) is 3.43. The third kappa shape index (κ3) is 6.09. The first-order valence-corrected chi connectivity index (χ1v) is 11.6. The Morgan fingerprint density at radius 2 is 1.72 bits per heavy atom. The van der Waals surface area contributed by atoms with Crippen LogP contribution in [-0.2, 0) is 4.74 Å². The first kappa shape index (κ1) is 24.9. The third-order valence-electron chi connectivity index (χ3n) is 5.10. The maximum Gasteiger partial charge on any atom is 0.412 e. The Balaban J connectivity index is 1.49. The van der Waals surface area contributed by atoms with Crippen molar-refractivity contribution in [1.29, 1.82) is 0 Å². The molecule has 0 saturated carbocycles. The number of rotatable bonds is 5. The van der Waals surface area contributed by atoms with Crippen molar-refractivity contribution in [2.75, 3.05) is 10.6 Å². The predicted molar refractivity (Wildman–Crippen MR) is 141 cm³/mol. The second-order valence-corrected chi connectivity index (χ2v) is 9.58. The van der Waals surface area contributed by atoms with E-state index in [4.69, 9.17) is 16.3 Å². The van der Waals surface area contributed by atoms with Crippen LogP contribution in [0, 0.1) is 6.92 Å². The molecule has 0 radical (unpaired) electrons. The molecule has 0 aliphatic rings. The number of hydrogen-bond donors (Lipinski definition) is 2. The lowest BCUT2D eigenvalue weighted by atomic mass is 10.1. The molecule has 0 unspecified atom stereocenters. The van der Waals surface area contributed by atoms with Gasteiger partial charge in [-0.15, -0.1) is 0 Å². The number of aromatic nitrogens is 3. The number of nitrogens with zero attached hydrogens (tertiary/aromatic N) is 3. The second kappa shape index (κ2) is 10.2. The Morgan fingerprint density at radius 1 is 0.972 bits per heavy atom. The summed E-state index contributed by atoms with van der Waals surface area (Å²) in [4.78, 5) is 29.5. The van der Waals surface area contributed by atoms with Crippen molar-refractivity contribution in [2.24, 2.45) is 0 Å². The number of carbonyl (C=O) groups excluding carboxylic acids is 2. The van der Waals surface area contributed by atoms with E-state index in [0.29, 0.717) is 11.5 Å². The fraction of sp³-hybridized carbons (Fsp3) is 0.185. The van der Waals surface area contributed by atoms with Gasteiger partial charge in [0.2, 0.25) is 0 Å². The predicted octanol–water partition coefficient (Wildman–Crippen LogP) is 6.50. The zero-order chi connectivity index (χ0) is 25.9. The molecule has 2 N–H and O–H groups in total. The molecule has 2 heterocycles. The zero-order valence-electron chi connectivity index (χ0n) is 20.4. The number of para-hydroxylation sites is 1. The van der Waals surface area contributed by atoms with Gasteiger partial charge in [0.05, 0.1) is 22.5 Å². The number of anilines is 2. The molecule has 184 valence electrons. The number of pyridine rings is 1. The molecule has 2 aromatic heterocycles. The molecule has 0 aliphatic carbocycles. The van der Waals surface area contributed by atoms with Crippen LogP contribution in [0.4, 0.5) is 16.3 Å². The minimum Gasteiger partial charge on any atom is -0.444 e. The number of ether oxygens (including phenoxy) is 1. The Hall–Kier alpha value is -4.17. The van der Waals surface area contributed by atoms with E-state index in [0.717, 1.165) is 22.4 Å². The fourth-order valence-electron chi connectivity index (χ4n) is 3.43. The van der Waals surface area contributed by atoms with Crippen molar-refractivity contribution in [3.63, 3.8) is 0 Å². The second-order valence-electron chi connectivity index (χ2n) is 9.17. The van der Waals surface area contributed by atoms with Gasteiger partial charge in [0.15, 0.2) is 0 Å². The largest absolute Gasteiger partial charge is 0.444 e. The lowest BCUT2D eigenvalue weighted by molar-refractivity contribution is 0.0635. The molecule has 0 spiro atoms. The molecular weight excluding hydrogens is 478 g/mol. The normalized spacial score (nSPS) is 11.1. The minimum absolute atomic E-state index is 0.194. The third-order valence-corrected chi connectivity index (χ3v) is 5.43. The van der Waals surface area contributed by atoms with Crippen LogP contribution in [0.2, 0.25) is 5.02 Å². The molecule has 4 rings (SSSR count). The lowest BCUT2D eigenvalue weighted by Crippen LogP contribution is -2.27. The lowest BCUT2D eigenvalue weighted by Gasteiger charge is -2.20. The number of amides is 2. The van der Waals surface area contributed by atoms with E-state index in [1.165, 1.54) is 12.1 Å². The van der Waals surface area contributed by atoms with Gasteiger partial charge in [0.25, 0.3) is 5.91 Å². The van der Waals surface area contributed by atoms with Crippen LogP contribution in [0.25, 0.3) is 16.8 Å². The molecule has 2 aromatic carbocycles. The van der Waals surface area contributed by atoms with Gasteiger partial charge < -0.3 is 10.1 Å². The van der Waals surface area contributed by atoms with Crippen LogP contribution in [0.5, 0.6) is 0 Å². The van der Waals surface area contributed by atoms with Crippen LogP contribution in [0.15, 0.2) is 73.2 Å². The number of hydrogen-bond acceptors (Lipinski definition) is 5. The van der Waals surface area contributed by atoms with E-state index in [2.05, 4.69) is 20.7 Å². The van der Waals surface area contributed by atoms with E-state index in [-0.39, 0.29) is 10.6 Å². The number of nitrogens with one attached hydrogen (secondary N) is 2. The molecule has 0 saturated heterocycles. The highest BCUT2D eigenvalue weighted by Crippen LogP contribution is 2.26. The smallest absolute Gasteiger partial charge is 0.412 e. The van der Waals surface area contributed by atoms with E-state index >= 15 is 0 Å². The standard InChI is InChI=1S/C27H26ClN5O3/c1-17-12-18(19-15-30-33(16-19)21-8-6-5-7-9-21)14-29-24(17)32-25(34)22-13-20(10-11-23(22)28)31-26(35)36-27(2,3)4/h5-16H,1-4H3,(H,31,35)(H,29,32,34). The average molecular weight is 504 g/mol. The van der Waals surface area contributed by atoms with Gasteiger partial charge in [-0.1, -0.05) is 29.8 Å². The topological polar surface area (TPSA) is 98.1 Å². The van der Waals surface area contributed by atoms with Crippen molar-refractivity contribution >= 4 is 35.1 Å². The molecule has 0 bridgehead atoms. The van der Waals surface area contributed by atoms with Crippen LogP contribution in [0.1, 0.15) is 36.7 Å². The number of carbonyl (C=O) groups is 2. The summed E-state index contributed by atoms with van der Waals surface area (Å²) in [5.74, 6) is -0.0474. The Morgan fingerprint density at radius 3 is 2.42 bits per heavy atom. The zero-order valence-corrected chi connectivity index (χ0v) is 21.1. The Bertz CT molecular complexity index is 1410. The average Bonchev–Trinajstić information content (AvgIpc) is 3.31. The molecule has 2 amide bonds. The summed E-state index contributed by atoms with van der Waals surface area (Å²) in [6.07, 6.45) is 4.74. The molecule has 0 fully saturated rings. The SMILES string of the molecule is Cc1cc(-c2cnn(-c3ccccc3)c2)cnc1NC(=O)c1cc(NC(=O)OC(C)(C)C)ccc1Cl. The fourth-order valence-corrected chi connectivity index (χ4v) is 3.63. The first-order valence-electron chi connectivity index (χ1n) is 11.3. The minimum atomic E-state index is -0.647. The van der Waals surface area contributed by atoms with Crippen LogP contribution >= 0.6 is 11.6 Å². The number of halogens is 1. The van der Waals surface area contributed by atoms with Crippen molar-refractivity contribution < 1.29 is 14.3 Å². The number of aryl methyl sites for hydroxylation is 1. The van der Waals surface area contributed by atoms with Gasteiger partial charge >= 0.3 is 6.09 Å². The summed E-state index contributed by atoms with van der Waals surface area (Å²) >= 11 is 6.26. The molecular formula is C27H26ClN5O3. The molecule has 4 aromatic rings. The van der Waals surface area contributed by atoms with Gasteiger partial charge in [0.1, 0.15) is 11.4 Å². The van der Waals surface area contributed by atoms with E-state index in [9.17, 15) is 9.59 Å². The number of benzene rings is 2. The molecule has 0 aliphatic heterocycles. The van der Waals surface area contributed by atoms with Crippen LogP contribution in [-0.4, -0.2) is 32.4 Å². The summed E-state index contributed by atoms with van der Waals surface area (Å²) in [6, 6.07) is 16.4. The molecule has 0 atom stereocenters. The van der Waals surface area contributed by atoms with E-state index < -0.39 is 17.6 Å². The summed E-state index contributed by atoms with van der Waals surface area (Å²) in [7, 11) is 0. The quantitative estimate of drug-likeness (QED) is 0.324. The highest BCUT2D eigenvalue weighted by atomic mass is 35.5. The summed E-state index contributed by atoms with van der Waals surface area (Å²) < 4.78 is 7.05. The van der Waals surface area contributed by atoms with Gasteiger partial charge in [-0.2, -0.15) is 5.10 Å². The van der Waals surface area contributed by atoms with Crippen molar-refractivity contribution in [2.45, 2.75) is 33.3 Å². The highest BCUT2D eigenvalue weighted by molar-refractivity contribution is 6.34. The van der Waals surface area contributed by atoms with Gasteiger partial charge in [-0.25, -0.2) is 14.5 Å². The van der Waals surface area contributed by atoms with Crippen molar-refractivity contribution in [1.82, 2.24) is 14.8 Å². The molecule has 9 heteroatoms. The molecule has 8 nitrogen and oxygen atoms in total. The Kier molecular flexibility index (Phi) is 7.07. The van der Waals surface area contributed by atoms with E-state index in [1.54, 1.807) is 43.9 Å². The maximum absolute atomic E-state index is 13.0. The summed E-state index contributed by atoms with van der Waals surface area (Å²) in [6.45, 7) is 7.16. The van der Waals surface area contributed by atoms with Crippen molar-refractivity contribution in [3.8, 4) is 16.8 Å². The van der Waals surface area contributed by atoms with Gasteiger partial charge in [-0.3, -0.25) is 10.1 Å². The van der Waals surface area contributed by atoms with E-state index in [1.807, 2.05) is 49.5 Å².